The summed E-state index contributed by atoms with van der Waals surface area (Å²) in [4.78, 5) is 31.2. The van der Waals surface area contributed by atoms with Crippen LogP contribution in [0.4, 0.5) is 22.4 Å². The van der Waals surface area contributed by atoms with Gasteiger partial charge in [0, 0.05) is 25.5 Å². The molecular formula is C33H35N7O8S. The van der Waals surface area contributed by atoms with E-state index in [1.165, 1.54) is 25.6 Å². The summed E-state index contributed by atoms with van der Waals surface area (Å²) in [5.74, 6) is 6.29. The zero-order valence-corrected chi connectivity index (χ0v) is 27.9. The summed E-state index contributed by atoms with van der Waals surface area (Å²) in [5.41, 5.74) is 0.881. The molecule has 1 aliphatic heterocycles. The van der Waals surface area contributed by atoms with Crippen LogP contribution in [0.2, 0.25) is 0 Å². The van der Waals surface area contributed by atoms with Crippen LogP contribution in [-0.4, -0.2) is 81.1 Å². The van der Waals surface area contributed by atoms with Gasteiger partial charge in [0.15, 0.2) is 35.6 Å². The number of rotatable bonds is 12. The first kappa shape index (κ1) is 34.7. The smallest absolute Gasteiger partial charge is 0.413 e. The number of hydrogen-bond donors (Lipinski definition) is 2. The van der Waals surface area contributed by atoms with Crippen molar-refractivity contribution >= 4 is 33.7 Å². The number of hydrogen-bond acceptors (Lipinski definition) is 13. The van der Waals surface area contributed by atoms with E-state index < -0.39 is 16.1 Å². The van der Waals surface area contributed by atoms with E-state index in [0.717, 1.165) is 5.56 Å². The number of ether oxygens (including phenoxy) is 5. The molecule has 0 spiro atoms. The van der Waals surface area contributed by atoms with Gasteiger partial charge in [0.2, 0.25) is 11.7 Å². The van der Waals surface area contributed by atoms with Crippen LogP contribution in [0.5, 0.6) is 23.1 Å². The number of benzene rings is 1. The Morgan fingerprint density at radius 3 is 2.43 bits per heavy atom. The number of carbonyl (C=O) groups is 1. The summed E-state index contributed by atoms with van der Waals surface area (Å²) >= 11 is 0. The quantitative estimate of drug-likeness (QED) is 0.200. The Labute approximate surface area is 284 Å². The van der Waals surface area contributed by atoms with E-state index >= 15 is 0 Å². The highest BCUT2D eigenvalue weighted by atomic mass is 32.2. The van der Waals surface area contributed by atoms with Gasteiger partial charge in [-0.25, -0.2) is 14.8 Å². The molecule has 0 unspecified atom stereocenters. The Bertz CT molecular complexity index is 1890. The van der Waals surface area contributed by atoms with Crippen molar-refractivity contribution in [1.29, 1.82) is 0 Å². The maximum absolute atomic E-state index is 13.7. The van der Waals surface area contributed by atoms with Gasteiger partial charge in [0.05, 0.1) is 20.3 Å². The minimum absolute atomic E-state index is 0.105. The number of morpholine rings is 1. The van der Waals surface area contributed by atoms with Gasteiger partial charge < -0.3 is 28.6 Å². The van der Waals surface area contributed by atoms with Crippen molar-refractivity contribution in [2.24, 2.45) is 0 Å². The highest BCUT2D eigenvalue weighted by Crippen LogP contribution is 2.41. The first-order valence-electron chi connectivity index (χ1n) is 15.2. The number of methoxy groups -OCH3 is 1. The lowest BCUT2D eigenvalue weighted by atomic mass is 10.1. The molecule has 5 rings (SSSR count). The predicted molar refractivity (Wildman–Crippen MR) is 180 cm³/mol. The molecule has 0 aliphatic carbocycles. The Hall–Kier alpha value is -5.66. The van der Waals surface area contributed by atoms with E-state index in [4.69, 9.17) is 23.7 Å². The number of nitrogens with one attached hydrogen (secondary N) is 2. The molecule has 1 saturated heterocycles. The summed E-state index contributed by atoms with van der Waals surface area (Å²) in [6.45, 7) is 5.26. The van der Waals surface area contributed by atoms with Crippen LogP contribution in [-0.2, 0) is 19.5 Å². The summed E-state index contributed by atoms with van der Waals surface area (Å²) in [6.07, 6.45) is 2.33. The first-order valence-corrected chi connectivity index (χ1v) is 16.7. The molecule has 1 aliphatic rings. The summed E-state index contributed by atoms with van der Waals surface area (Å²) in [5, 5.41) is 2.28. The van der Waals surface area contributed by atoms with E-state index in [2.05, 4.69) is 41.8 Å². The van der Waals surface area contributed by atoms with E-state index in [1.807, 2.05) is 18.7 Å². The normalized spacial score (nSPS) is 12.8. The van der Waals surface area contributed by atoms with Crippen LogP contribution in [0.25, 0.3) is 0 Å². The molecule has 4 aromatic rings. The lowest BCUT2D eigenvalue weighted by molar-refractivity contribution is 0.122. The number of anilines is 3. The fraction of sp³-hybridized carbons (Fsp3) is 0.303. The predicted octanol–water partition coefficient (Wildman–Crippen LogP) is 4.46. The first-order chi connectivity index (χ1) is 23.7. The largest absolute Gasteiger partial charge is 0.493 e. The standard InChI is InChI=1S/C33H35N7O8S/c1-23(2)24-13-14-28(35-22-24)49(42,43)39-30-29(48-26-11-5-4-10-25(26)44-3)31(38-32(37-30)40-16-20-45-21-17-40)46-18-8-9-19-47-33(41)36-27-12-6-7-15-34-27/h4-7,10-15,22-23H,16-21H2,1-3H3,(H,34,36,41)(H,37,38,39). The molecule has 0 atom stereocenters. The molecular weight excluding hydrogens is 654 g/mol. The van der Waals surface area contributed by atoms with Gasteiger partial charge in [-0.2, -0.15) is 18.4 Å². The van der Waals surface area contributed by atoms with Gasteiger partial charge in [0.1, 0.15) is 5.82 Å². The lowest BCUT2D eigenvalue weighted by Gasteiger charge is -2.28. The molecule has 256 valence electrons. The van der Waals surface area contributed by atoms with Crippen molar-refractivity contribution in [2.45, 2.75) is 24.8 Å². The molecule has 3 aromatic heterocycles. The second-order valence-electron chi connectivity index (χ2n) is 10.6. The van der Waals surface area contributed by atoms with Crippen molar-refractivity contribution in [3.05, 3.63) is 72.6 Å². The van der Waals surface area contributed by atoms with E-state index in [9.17, 15) is 13.2 Å². The second-order valence-corrected chi connectivity index (χ2v) is 12.2. The molecule has 4 heterocycles. The lowest BCUT2D eigenvalue weighted by Crippen LogP contribution is -2.37. The molecule has 1 aromatic carbocycles. The number of amides is 1. The van der Waals surface area contributed by atoms with Crippen LogP contribution in [0, 0.1) is 11.8 Å². The maximum Gasteiger partial charge on any atom is 0.413 e. The van der Waals surface area contributed by atoms with Gasteiger partial charge >= 0.3 is 6.09 Å². The molecule has 0 radical (unpaired) electrons. The highest BCUT2D eigenvalue weighted by molar-refractivity contribution is 7.92. The van der Waals surface area contributed by atoms with E-state index in [0.29, 0.717) is 37.9 Å². The Morgan fingerprint density at radius 1 is 0.980 bits per heavy atom. The average Bonchev–Trinajstić information content (AvgIpc) is 3.11. The minimum Gasteiger partial charge on any atom is -0.493 e. The SMILES string of the molecule is COc1ccccc1Oc1c(NS(=O)(=O)c2ccc(C(C)C)cn2)nc(N2CCOCC2)nc1OCC#CCOC(=O)Nc1ccccn1. The topological polar surface area (TPSA) is 176 Å². The van der Waals surface area contributed by atoms with E-state index in [1.54, 1.807) is 48.5 Å². The van der Waals surface area contributed by atoms with E-state index in [-0.39, 0.29) is 53.3 Å². The van der Waals surface area contributed by atoms with Crippen molar-refractivity contribution < 1.29 is 36.9 Å². The van der Waals surface area contributed by atoms with Gasteiger partial charge in [-0.1, -0.05) is 50.0 Å². The maximum atomic E-state index is 13.7. The van der Waals surface area contributed by atoms with Crippen molar-refractivity contribution in [1.82, 2.24) is 19.9 Å². The summed E-state index contributed by atoms with van der Waals surface area (Å²) < 4.78 is 58.0. The van der Waals surface area contributed by atoms with Crippen molar-refractivity contribution in [2.75, 3.05) is 61.6 Å². The third-order valence-corrected chi connectivity index (χ3v) is 8.16. The van der Waals surface area contributed by atoms with Gasteiger partial charge in [-0.05, 0) is 41.8 Å². The molecule has 1 fully saturated rings. The monoisotopic (exact) mass is 689 g/mol. The zero-order chi connectivity index (χ0) is 34.6. The average molecular weight is 690 g/mol. The number of sulfonamides is 1. The number of para-hydroxylation sites is 2. The van der Waals surface area contributed by atoms with Gasteiger partial charge in [-0.15, -0.1) is 0 Å². The fourth-order valence-corrected chi connectivity index (χ4v) is 5.29. The van der Waals surface area contributed by atoms with Gasteiger partial charge in [0.25, 0.3) is 15.9 Å². The van der Waals surface area contributed by atoms with Crippen molar-refractivity contribution in [3.8, 4) is 35.0 Å². The van der Waals surface area contributed by atoms with Crippen molar-refractivity contribution in [3.63, 3.8) is 0 Å². The Morgan fingerprint density at radius 2 is 1.73 bits per heavy atom. The van der Waals surface area contributed by atoms with Crippen LogP contribution in [0.1, 0.15) is 25.3 Å². The third kappa shape index (κ3) is 9.46. The van der Waals surface area contributed by atoms with Crippen LogP contribution in [0.3, 0.4) is 0 Å². The molecule has 0 saturated carbocycles. The number of carbonyl (C=O) groups excluding carboxylic acids is 1. The molecule has 15 nitrogen and oxygen atoms in total. The van der Waals surface area contributed by atoms with Crippen LogP contribution in [0.15, 0.2) is 72.0 Å². The highest BCUT2D eigenvalue weighted by Gasteiger charge is 2.27. The molecule has 0 bridgehead atoms. The molecule has 49 heavy (non-hydrogen) atoms. The fourth-order valence-electron chi connectivity index (χ4n) is 4.35. The minimum atomic E-state index is -4.26. The van der Waals surface area contributed by atoms with Gasteiger partial charge in [-0.3, -0.25) is 10.0 Å². The zero-order valence-electron chi connectivity index (χ0n) is 27.1. The summed E-state index contributed by atoms with van der Waals surface area (Å²) in [7, 11) is -2.79. The second kappa shape index (κ2) is 16.4. The molecule has 1 amide bonds. The third-order valence-electron chi connectivity index (χ3n) is 6.91. The summed E-state index contributed by atoms with van der Waals surface area (Å²) in [6, 6.07) is 15.0. The Balaban J connectivity index is 1.44. The van der Waals surface area contributed by atoms with Crippen LogP contribution < -0.4 is 29.1 Å². The number of pyridine rings is 2. The molecule has 16 heteroatoms. The number of aromatic nitrogens is 4. The number of nitrogens with zero attached hydrogens (tertiary/aromatic N) is 5. The van der Waals surface area contributed by atoms with Crippen LogP contribution >= 0.6 is 0 Å². The molecule has 2 N–H and O–H groups in total. The Kier molecular flexibility index (Phi) is 11.6.